The lowest BCUT2D eigenvalue weighted by Crippen LogP contribution is -2.38. The number of nitrogens with one attached hydrogen (secondary N) is 1. The number of amides is 2. The first-order valence-corrected chi connectivity index (χ1v) is 3.74. The van der Waals surface area contributed by atoms with Crippen molar-refractivity contribution in [1.82, 2.24) is 5.32 Å². The number of rotatable bonds is 4. The maximum Gasteiger partial charge on any atom is 0.312 e. The lowest BCUT2D eigenvalue weighted by atomic mass is 10.1. The molecule has 0 saturated carbocycles. The third kappa shape index (κ3) is 4.34. The summed E-state index contributed by atoms with van der Waals surface area (Å²) in [5.74, 6) is 0. The number of hydrogen-bond acceptors (Lipinski definition) is 2. The Labute approximate surface area is 72.0 Å². The molecule has 4 heteroatoms. The topological polar surface area (TPSA) is 78.9 Å². The monoisotopic (exact) mass is 167 g/mol. The van der Waals surface area contributed by atoms with Crippen molar-refractivity contribution in [2.24, 2.45) is 5.73 Å². The summed E-state index contributed by atoms with van der Waals surface area (Å²) >= 11 is 0. The highest BCUT2D eigenvalue weighted by Crippen LogP contribution is 2.04. The van der Waals surface area contributed by atoms with Gasteiger partial charge in [0.25, 0.3) is 0 Å². The summed E-state index contributed by atoms with van der Waals surface area (Å²) in [6.07, 6.45) is 1.21. The van der Waals surface area contributed by atoms with E-state index in [-0.39, 0.29) is 6.04 Å². The van der Waals surface area contributed by atoms with Crippen molar-refractivity contribution in [3.05, 3.63) is 12.2 Å². The van der Waals surface area contributed by atoms with Gasteiger partial charge < -0.3 is 11.1 Å². The van der Waals surface area contributed by atoms with Crippen LogP contribution in [0.15, 0.2) is 12.2 Å². The van der Waals surface area contributed by atoms with E-state index in [1.54, 1.807) is 0 Å². The SMILES string of the molecule is C=C(C#N)CC(CC)NC(N)=O. The van der Waals surface area contributed by atoms with Crippen molar-refractivity contribution in [2.75, 3.05) is 0 Å². The Morgan fingerprint density at radius 3 is 2.75 bits per heavy atom. The van der Waals surface area contributed by atoms with Crippen LogP contribution in [0.2, 0.25) is 0 Å². The smallest absolute Gasteiger partial charge is 0.312 e. The number of nitriles is 1. The zero-order chi connectivity index (χ0) is 9.56. The number of nitrogens with zero attached hydrogens (tertiary/aromatic N) is 1. The van der Waals surface area contributed by atoms with Crippen LogP contribution in [0, 0.1) is 11.3 Å². The molecule has 0 aliphatic carbocycles. The molecule has 0 rings (SSSR count). The van der Waals surface area contributed by atoms with Gasteiger partial charge in [0.2, 0.25) is 0 Å². The van der Waals surface area contributed by atoms with Gasteiger partial charge in [-0.25, -0.2) is 4.79 Å². The van der Waals surface area contributed by atoms with Gasteiger partial charge in [-0.3, -0.25) is 0 Å². The summed E-state index contributed by atoms with van der Waals surface area (Å²) < 4.78 is 0. The van der Waals surface area contributed by atoms with E-state index in [9.17, 15) is 4.79 Å². The Bertz CT molecular complexity index is 217. The van der Waals surface area contributed by atoms with Crippen LogP contribution in [-0.4, -0.2) is 12.1 Å². The van der Waals surface area contributed by atoms with Gasteiger partial charge in [-0.1, -0.05) is 13.5 Å². The maximum absolute atomic E-state index is 10.4. The number of primary amides is 1. The highest BCUT2D eigenvalue weighted by molar-refractivity contribution is 5.72. The van der Waals surface area contributed by atoms with Crippen LogP contribution in [-0.2, 0) is 0 Å². The molecule has 2 amide bonds. The largest absolute Gasteiger partial charge is 0.352 e. The number of hydrogen-bond donors (Lipinski definition) is 2. The summed E-state index contributed by atoms with van der Waals surface area (Å²) in [4.78, 5) is 10.4. The van der Waals surface area contributed by atoms with Crippen LogP contribution in [0.1, 0.15) is 19.8 Å². The predicted molar refractivity (Wildman–Crippen MR) is 46.2 cm³/mol. The molecule has 0 spiro atoms. The van der Waals surface area contributed by atoms with E-state index in [0.29, 0.717) is 12.0 Å². The van der Waals surface area contributed by atoms with E-state index in [4.69, 9.17) is 11.0 Å². The van der Waals surface area contributed by atoms with Gasteiger partial charge in [-0.2, -0.15) is 5.26 Å². The van der Waals surface area contributed by atoms with Gasteiger partial charge in [0.05, 0.1) is 6.07 Å². The molecule has 1 unspecified atom stereocenters. The van der Waals surface area contributed by atoms with Crippen LogP contribution in [0.5, 0.6) is 0 Å². The van der Waals surface area contributed by atoms with E-state index < -0.39 is 6.03 Å². The van der Waals surface area contributed by atoms with Crippen LogP contribution in [0.25, 0.3) is 0 Å². The average Bonchev–Trinajstić information content (AvgIpc) is 2.02. The second kappa shape index (κ2) is 5.19. The first kappa shape index (κ1) is 10.5. The lowest BCUT2D eigenvalue weighted by molar-refractivity contribution is 0.244. The van der Waals surface area contributed by atoms with E-state index >= 15 is 0 Å². The third-order valence-corrected chi connectivity index (χ3v) is 1.49. The summed E-state index contributed by atoms with van der Waals surface area (Å²) in [7, 11) is 0. The molecule has 0 aromatic carbocycles. The normalized spacial score (nSPS) is 11.3. The number of nitrogens with two attached hydrogens (primary N) is 1. The Morgan fingerprint density at radius 1 is 1.83 bits per heavy atom. The van der Waals surface area contributed by atoms with Crippen molar-refractivity contribution in [1.29, 1.82) is 5.26 Å². The quantitative estimate of drug-likeness (QED) is 0.610. The lowest BCUT2D eigenvalue weighted by Gasteiger charge is -2.13. The predicted octanol–water partition coefficient (Wildman–Crippen LogP) is 0.903. The zero-order valence-electron chi connectivity index (χ0n) is 7.13. The second-order valence-electron chi connectivity index (χ2n) is 2.53. The molecule has 0 bridgehead atoms. The molecule has 66 valence electrons. The Hall–Kier alpha value is -1.50. The van der Waals surface area contributed by atoms with Crippen LogP contribution < -0.4 is 11.1 Å². The van der Waals surface area contributed by atoms with Crippen molar-refractivity contribution in [3.8, 4) is 6.07 Å². The minimum absolute atomic E-state index is 0.0744. The fourth-order valence-electron chi connectivity index (χ4n) is 0.842. The van der Waals surface area contributed by atoms with E-state index in [2.05, 4.69) is 11.9 Å². The first-order chi connectivity index (χ1) is 5.60. The van der Waals surface area contributed by atoms with Crippen LogP contribution in [0.3, 0.4) is 0 Å². The summed E-state index contributed by atoms with van der Waals surface area (Å²) in [5.41, 5.74) is 5.38. The second-order valence-corrected chi connectivity index (χ2v) is 2.53. The van der Waals surface area contributed by atoms with Gasteiger partial charge in [-0.15, -0.1) is 0 Å². The summed E-state index contributed by atoms with van der Waals surface area (Å²) in [6, 6.07) is 1.28. The summed E-state index contributed by atoms with van der Waals surface area (Å²) in [5, 5.41) is 10.9. The van der Waals surface area contributed by atoms with E-state index in [0.717, 1.165) is 6.42 Å². The fraction of sp³-hybridized carbons (Fsp3) is 0.500. The fourth-order valence-corrected chi connectivity index (χ4v) is 0.842. The van der Waals surface area contributed by atoms with Crippen molar-refractivity contribution in [2.45, 2.75) is 25.8 Å². The molecule has 1 atom stereocenters. The summed E-state index contributed by atoms with van der Waals surface area (Å²) in [6.45, 7) is 5.42. The molecule has 0 aromatic rings. The van der Waals surface area contributed by atoms with Crippen molar-refractivity contribution >= 4 is 6.03 Å². The van der Waals surface area contributed by atoms with Gasteiger partial charge in [0, 0.05) is 18.0 Å². The van der Waals surface area contributed by atoms with Crippen LogP contribution >= 0.6 is 0 Å². The maximum atomic E-state index is 10.4. The molecule has 4 nitrogen and oxygen atoms in total. The molecule has 0 radical (unpaired) electrons. The number of urea groups is 1. The number of carbonyl (C=O) groups is 1. The Kier molecular flexibility index (Phi) is 4.54. The average molecular weight is 167 g/mol. The van der Waals surface area contributed by atoms with Crippen LogP contribution in [0.4, 0.5) is 4.79 Å². The number of carbonyl (C=O) groups excluding carboxylic acids is 1. The third-order valence-electron chi connectivity index (χ3n) is 1.49. The Morgan fingerprint density at radius 2 is 2.42 bits per heavy atom. The van der Waals surface area contributed by atoms with Gasteiger partial charge in [0.1, 0.15) is 0 Å². The Balaban J connectivity index is 3.93. The molecule has 0 saturated heterocycles. The van der Waals surface area contributed by atoms with E-state index in [1.165, 1.54) is 0 Å². The molecule has 0 fully saturated rings. The minimum atomic E-state index is -0.562. The highest BCUT2D eigenvalue weighted by atomic mass is 16.2. The van der Waals surface area contributed by atoms with Gasteiger partial charge in [-0.05, 0) is 6.42 Å². The molecule has 0 aliphatic rings. The molecule has 0 heterocycles. The standard InChI is InChI=1S/C8H13N3O/c1-3-7(11-8(10)12)4-6(2)5-9/h7H,2-4H2,1H3,(H3,10,11,12). The molecule has 0 aliphatic heterocycles. The van der Waals surface area contributed by atoms with Crippen molar-refractivity contribution < 1.29 is 4.79 Å². The van der Waals surface area contributed by atoms with Crippen molar-refractivity contribution in [3.63, 3.8) is 0 Å². The molecule has 12 heavy (non-hydrogen) atoms. The minimum Gasteiger partial charge on any atom is -0.352 e. The molecule has 3 N–H and O–H groups in total. The van der Waals surface area contributed by atoms with Gasteiger partial charge in [0.15, 0.2) is 0 Å². The highest BCUT2D eigenvalue weighted by Gasteiger charge is 2.08. The van der Waals surface area contributed by atoms with E-state index in [1.807, 2.05) is 13.0 Å². The van der Waals surface area contributed by atoms with Gasteiger partial charge >= 0.3 is 6.03 Å². The first-order valence-electron chi connectivity index (χ1n) is 3.74. The molecular weight excluding hydrogens is 154 g/mol. The molecule has 0 aromatic heterocycles. The molecular formula is C8H13N3O. The zero-order valence-corrected chi connectivity index (χ0v) is 7.13.